The van der Waals surface area contributed by atoms with Gasteiger partial charge in [0.15, 0.2) is 6.20 Å². The maximum atomic E-state index is 8.93. The van der Waals surface area contributed by atoms with E-state index in [4.69, 9.17) is 10.8 Å². The van der Waals surface area contributed by atoms with E-state index in [9.17, 15) is 0 Å². The van der Waals surface area contributed by atoms with Gasteiger partial charge in [-0.1, -0.05) is 67.8 Å². The molecule has 0 saturated heterocycles. The maximum absolute atomic E-state index is 8.93. The molecule has 37 heavy (non-hydrogen) atoms. The molecule has 0 amide bonds. The van der Waals surface area contributed by atoms with Crippen LogP contribution in [0.15, 0.2) is 89.6 Å². The Kier molecular flexibility index (Phi) is 5.05. The lowest BCUT2D eigenvalue weighted by Gasteiger charge is -2.21. The normalized spacial score (nSPS) is 15.9. The fraction of sp³-hybridized carbons (Fsp3) is 0.235. The second kappa shape index (κ2) is 8.85. The van der Waals surface area contributed by atoms with Crippen LogP contribution in [0, 0.1) is 6.92 Å². The lowest BCUT2D eigenvalue weighted by Crippen LogP contribution is -2.30. The maximum Gasteiger partial charge on any atom is 0.216 e. The van der Waals surface area contributed by atoms with Crippen LogP contribution in [0.3, 0.4) is 0 Å². The van der Waals surface area contributed by atoms with Crippen LogP contribution in [-0.2, 0) is 7.05 Å². The molecule has 1 saturated carbocycles. The highest BCUT2D eigenvalue weighted by atomic mass is 16.3. The number of hydrogen-bond donors (Lipinski definition) is 0. The van der Waals surface area contributed by atoms with Crippen LogP contribution in [0.1, 0.15) is 50.6 Å². The molecule has 1 fully saturated rings. The Morgan fingerprint density at radius 3 is 2.49 bits per heavy atom. The lowest BCUT2D eigenvalue weighted by atomic mass is 9.86. The van der Waals surface area contributed by atoms with Crippen molar-refractivity contribution >= 4 is 32.7 Å². The summed E-state index contributed by atoms with van der Waals surface area (Å²) in [6.45, 7) is 2.15. The van der Waals surface area contributed by atoms with Crippen LogP contribution < -0.4 is 4.57 Å². The monoisotopic (exact) mass is 484 g/mol. The first-order valence-electron chi connectivity index (χ1n) is 13.8. The fourth-order valence-corrected chi connectivity index (χ4v) is 5.99. The van der Waals surface area contributed by atoms with Crippen molar-refractivity contribution in [3.05, 3.63) is 96.4 Å². The Morgan fingerprint density at radius 1 is 0.838 bits per heavy atom. The zero-order valence-corrected chi connectivity index (χ0v) is 21.4. The minimum absolute atomic E-state index is 0.538. The van der Waals surface area contributed by atoms with E-state index >= 15 is 0 Å². The van der Waals surface area contributed by atoms with Crippen molar-refractivity contribution in [2.75, 3.05) is 0 Å². The summed E-state index contributed by atoms with van der Waals surface area (Å²) in [4.78, 5) is 4.79. The van der Waals surface area contributed by atoms with Crippen LogP contribution in [0.5, 0.6) is 0 Å². The predicted octanol–water partition coefficient (Wildman–Crippen LogP) is 8.65. The van der Waals surface area contributed by atoms with Gasteiger partial charge in [0.1, 0.15) is 18.2 Å². The molecule has 0 unspecified atom stereocenters. The van der Waals surface area contributed by atoms with E-state index in [2.05, 4.69) is 97.5 Å². The molecule has 7 rings (SSSR count). The SMILES string of the molecule is [2H]C1(c2ccc(-c3cc[n+](C)c(-c4c(C)ccc5c4oc4c6ccccc6ccc54)c3)cn2)CCCCC1. The standard InChI is InChI=1S/C34H31N2O/c1-22-12-15-29-28-16-13-23-8-6-7-11-27(23)33(28)37-34(29)32(22)31-20-25(18-19-36(31)2)26-14-17-30(35-21-26)24-9-4-3-5-10-24/h6-8,11-21,24H,3-5,9-10H2,1-2H3/q+1/i24D. The summed E-state index contributed by atoms with van der Waals surface area (Å²) in [5.41, 5.74) is 8.33. The van der Waals surface area contributed by atoms with Gasteiger partial charge in [-0.25, -0.2) is 4.57 Å². The molecular formula is C34H31N2O+. The van der Waals surface area contributed by atoms with Gasteiger partial charge in [-0.05, 0) is 48.4 Å². The second-order valence-electron chi connectivity index (χ2n) is 10.4. The molecule has 0 aliphatic heterocycles. The van der Waals surface area contributed by atoms with Crippen molar-refractivity contribution in [2.45, 2.75) is 44.9 Å². The molecule has 3 aromatic heterocycles. The number of pyridine rings is 2. The molecule has 3 heterocycles. The highest BCUT2D eigenvalue weighted by Gasteiger charge is 2.22. The van der Waals surface area contributed by atoms with Gasteiger partial charge >= 0.3 is 0 Å². The number of aryl methyl sites for hydroxylation is 2. The third-order valence-electron chi connectivity index (χ3n) is 8.06. The molecule has 6 aromatic rings. The molecule has 0 spiro atoms. The van der Waals surface area contributed by atoms with E-state index in [1.54, 1.807) is 0 Å². The largest absolute Gasteiger partial charge is 0.454 e. The van der Waals surface area contributed by atoms with Crippen molar-refractivity contribution < 1.29 is 10.4 Å². The number of hydrogen-bond acceptors (Lipinski definition) is 2. The van der Waals surface area contributed by atoms with E-state index in [-0.39, 0.29) is 0 Å². The van der Waals surface area contributed by atoms with Crippen molar-refractivity contribution in [3.63, 3.8) is 0 Å². The van der Waals surface area contributed by atoms with Crippen LogP contribution >= 0.6 is 0 Å². The van der Waals surface area contributed by atoms with E-state index in [1.165, 1.54) is 17.4 Å². The smallest absolute Gasteiger partial charge is 0.216 e. The van der Waals surface area contributed by atoms with E-state index < -0.39 is 5.89 Å². The molecule has 1 aliphatic rings. The molecule has 3 heteroatoms. The molecule has 0 radical (unpaired) electrons. The van der Waals surface area contributed by atoms with Crippen molar-refractivity contribution in [3.8, 4) is 22.4 Å². The molecule has 0 bridgehead atoms. The quantitative estimate of drug-likeness (QED) is 0.235. The molecule has 3 aromatic carbocycles. The van der Waals surface area contributed by atoms with Crippen LogP contribution in [0.2, 0.25) is 0 Å². The second-order valence-corrected chi connectivity index (χ2v) is 10.4. The summed E-state index contributed by atoms with van der Waals surface area (Å²) < 4.78 is 17.8. The first-order chi connectivity index (χ1) is 18.5. The lowest BCUT2D eigenvalue weighted by molar-refractivity contribution is -0.660. The molecule has 182 valence electrons. The Labute approximate surface area is 218 Å². The Bertz CT molecular complexity index is 1830. The molecule has 1 aliphatic carbocycles. The summed E-state index contributed by atoms with van der Waals surface area (Å²) in [6, 6.07) is 25.7. The van der Waals surface area contributed by atoms with Gasteiger partial charge in [0, 0.05) is 53.0 Å². The average Bonchev–Trinajstić information content (AvgIpc) is 3.33. The zero-order valence-electron chi connectivity index (χ0n) is 22.4. The minimum Gasteiger partial charge on any atom is -0.454 e. The zero-order chi connectivity index (χ0) is 25.9. The molecular weight excluding hydrogens is 452 g/mol. The first-order valence-corrected chi connectivity index (χ1v) is 13.3. The van der Waals surface area contributed by atoms with E-state index in [0.29, 0.717) is 0 Å². The number of fused-ring (bicyclic) bond motifs is 5. The van der Waals surface area contributed by atoms with Gasteiger partial charge in [0.05, 0.1) is 5.56 Å². The Hall–Kier alpha value is -3.98. The van der Waals surface area contributed by atoms with Crippen molar-refractivity contribution in [1.82, 2.24) is 4.98 Å². The number of furan rings is 1. The van der Waals surface area contributed by atoms with Crippen LogP contribution in [0.4, 0.5) is 0 Å². The van der Waals surface area contributed by atoms with Gasteiger partial charge in [-0.3, -0.25) is 4.98 Å². The third-order valence-corrected chi connectivity index (χ3v) is 8.06. The third kappa shape index (κ3) is 3.72. The van der Waals surface area contributed by atoms with E-state index in [0.717, 1.165) is 81.1 Å². The Morgan fingerprint density at radius 2 is 1.65 bits per heavy atom. The number of benzene rings is 3. The van der Waals surface area contributed by atoms with Gasteiger partial charge in [0.25, 0.3) is 0 Å². The van der Waals surface area contributed by atoms with Gasteiger partial charge in [0.2, 0.25) is 5.69 Å². The first kappa shape index (κ1) is 21.1. The molecule has 3 nitrogen and oxygen atoms in total. The van der Waals surface area contributed by atoms with Gasteiger partial charge < -0.3 is 4.42 Å². The van der Waals surface area contributed by atoms with Crippen LogP contribution in [0.25, 0.3) is 55.1 Å². The average molecular weight is 485 g/mol. The summed E-state index contributed by atoms with van der Waals surface area (Å²) >= 11 is 0. The predicted molar refractivity (Wildman–Crippen MR) is 152 cm³/mol. The Balaban J connectivity index is 1.36. The summed E-state index contributed by atoms with van der Waals surface area (Å²) in [6.07, 6.45) is 9.33. The number of rotatable bonds is 3. The highest BCUT2D eigenvalue weighted by molar-refractivity contribution is 6.17. The molecule has 0 N–H and O–H groups in total. The summed E-state index contributed by atoms with van der Waals surface area (Å²) in [5.74, 6) is -0.538. The fourth-order valence-electron chi connectivity index (χ4n) is 5.99. The van der Waals surface area contributed by atoms with Gasteiger partial charge in [-0.2, -0.15) is 0 Å². The summed E-state index contributed by atoms with van der Waals surface area (Å²) in [5, 5.41) is 4.60. The van der Waals surface area contributed by atoms with E-state index in [1.807, 2.05) is 6.20 Å². The highest BCUT2D eigenvalue weighted by Crippen LogP contribution is 2.40. The van der Waals surface area contributed by atoms with Gasteiger partial charge in [-0.15, -0.1) is 0 Å². The van der Waals surface area contributed by atoms with Crippen molar-refractivity contribution in [2.24, 2.45) is 7.05 Å². The number of nitrogens with zero attached hydrogens (tertiary/aromatic N) is 2. The minimum atomic E-state index is -0.538. The topological polar surface area (TPSA) is 29.9 Å². The summed E-state index contributed by atoms with van der Waals surface area (Å²) in [7, 11) is 2.09. The molecule has 0 atom stereocenters. The van der Waals surface area contributed by atoms with Crippen molar-refractivity contribution in [1.29, 1.82) is 0 Å². The van der Waals surface area contributed by atoms with Crippen LogP contribution in [-0.4, -0.2) is 4.98 Å². The number of aromatic nitrogens is 2.